The van der Waals surface area contributed by atoms with E-state index in [1.165, 1.54) is 12.1 Å². The number of nitrogens with zero attached hydrogens (tertiary/aromatic N) is 1. The second-order valence-electron chi connectivity index (χ2n) is 4.17. The highest BCUT2D eigenvalue weighted by Gasteiger charge is 2.33. The lowest BCUT2D eigenvalue weighted by molar-refractivity contribution is -0.121. The summed E-state index contributed by atoms with van der Waals surface area (Å²) in [6.45, 7) is 0. The highest BCUT2D eigenvalue weighted by molar-refractivity contribution is 6.05. The number of hydrogen-bond acceptors (Lipinski definition) is 3. The van der Waals surface area contributed by atoms with Gasteiger partial charge in [0.05, 0.1) is 5.56 Å². The molecule has 94 valence electrons. The fourth-order valence-electron chi connectivity index (χ4n) is 1.86. The van der Waals surface area contributed by atoms with Crippen molar-refractivity contribution in [1.29, 1.82) is 5.41 Å². The molecule has 0 saturated carbocycles. The highest BCUT2D eigenvalue weighted by atomic mass is 16.4. The monoisotopic (exact) mass is 247 g/mol. The van der Waals surface area contributed by atoms with Gasteiger partial charge in [-0.15, -0.1) is 0 Å². The van der Waals surface area contributed by atoms with Gasteiger partial charge in [-0.1, -0.05) is 12.1 Å². The summed E-state index contributed by atoms with van der Waals surface area (Å²) >= 11 is 0. The lowest BCUT2D eigenvalue weighted by Crippen LogP contribution is -2.33. The second kappa shape index (κ2) is 4.48. The molecule has 1 amide bonds. The van der Waals surface area contributed by atoms with E-state index in [-0.39, 0.29) is 17.4 Å². The van der Waals surface area contributed by atoms with Crippen LogP contribution >= 0.6 is 0 Å². The fraction of sp³-hybridized carbons (Fsp3) is 0.250. The first-order valence-electron chi connectivity index (χ1n) is 5.43. The van der Waals surface area contributed by atoms with Gasteiger partial charge < -0.3 is 10.0 Å². The maximum absolute atomic E-state index is 11.6. The Morgan fingerprint density at radius 3 is 2.50 bits per heavy atom. The molecule has 1 unspecified atom stereocenters. The molecule has 1 aromatic carbocycles. The van der Waals surface area contributed by atoms with Gasteiger partial charge in [0, 0.05) is 13.5 Å². The quantitative estimate of drug-likeness (QED) is 0.715. The van der Waals surface area contributed by atoms with Gasteiger partial charge in [0.1, 0.15) is 6.04 Å². The molecule has 6 heteroatoms. The minimum atomic E-state index is -0.973. The van der Waals surface area contributed by atoms with Gasteiger partial charge in [-0.05, 0) is 17.7 Å². The first kappa shape index (κ1) is 12.1. The Bertz CT molecular complexity index is 510. The molecule has 1 saturated heterocycles. The average molecular weight is 247 g/mol. The SMILES string of the molecule is CN1C(=N)NC(=O)C1Cc1ccc(C(=O)O)cc1. The fourth-order valence-corrected chi connectivity index (χ4v) is 1.86. The highest BCUT2D eigenvalue weighted by Crippen LogP contribution is 2.13. The third-order valence-corrected chi connectivity index (χ3v) is 2.99. The van der Waals surface area contributed by atoms with E-state index < -0.39 is 12.0 Å². The average Bonchev–Trinajstić information content (AvgIpc) is 2.57. The molecule has 0 aromatic heterocycles. The number of nitrogens with one attached hydrogen (secondary N) is 2. The van der Waals surface area contributed by atoms with E-state index in [4.69, 9.17) is 10.5 Å². The maximum Gasteiger partial charge on any atom is 0.335 e. The van der Waals surface area contributed by atoms with Gasteiger partial charge in [0.15, 0.2) is 5.96 Å². The van der Waals surface area contributed by atoms with Crippen LogP contribution in [0, 0.1) is 5.41 Å². The minimum Gasteiger partial charge on any atom is -0.478 e. The van der Waals surface area contributed by atoms with Gasteiger partial charge in [-0.25, -0.2) is 4.79 Å². The molecule has 1 aliphatic heterocycles. The van der Waals surface area contributed by atoms with Crippen molar-refractivity contribution in [1.82, 2.24) is 10.2 Å². The van der Waals surface area contributed by atoms with E-state index in [1.54, 1.807) is 24.1 Å². The molecule has 1 aromatic rings. The van der Waals surface area contributed by atoms with Gasteiger partial charge >= 0.3 is 5.97 Å². The molecule has 0 bridgehead atoms. The van der Waals surface area contributed by atoms with Crippen LogP contribution < -0.4 is 5.32 Å². The Hall–Kier alpha value is -2.37. The Balaban J connectivity index is 2.12. The second-order valence-corrected chi connectivity index (χ2v) is 4.17. The van der Waals surface area contributed by atoms with E-state index in [9.17, 15) is 9.59 Å². The van der Waals surface area contributed by atoms with Crippen LogP contribution in [-0.4, -0.2) is 40.9 Å². The predicted octanol–water partition coefficient (Wildman–Crippen LogP) is 0.292. The van der Waals surface area contributed by atoms with E-state index in [1.807, 2.05) is 0 Å². The number of carboxylic acids is 1. The molecule has 1 atom stereocenters. The Morgan fingerprint density at radius 1 is 1.44 bits per heavy atom. The van der Waals surface area contributed by atoms with Gasteiger partial charge in [-0.2, -0.15) is 0 Å². The van der Waals surface area contributed by atoms with Crippen LogP contribution in [-0.2, 0) is 11.2 Å². The number of rotatable bonds is 3. The third kappa shape index (κ3) is 2.17. The number of likely N-dealkylation sites (N-methyl/N-ethyl adjacent to an activating group) is 1. The lowest BCUT2D eigenvalue weighted by atomic mass is 10.0. The number of aromatic carboxylic acids is 1. The summed E-state index contributed by atoms with van der Waals surface area (Å²) in [6, 6.07) is 5.98. The summed E-state index contributed by atoms with van der Waals surface area (Å²) in [5, 5.41) is 18.7. The Kier molecular flexibility index (Phi) is 3.01. The molecule has 6 nitrogen and oxygen atoms in total. The molecule has 1 heterocycles. The summed E-state index contributed by atoms with van der Waals surface area (Å²) in [7, 11) is 1.68. The van der Waals surface area contributed by atoms with E-state index >= 15 is 0 Å². The number of amides is 1. The van der Waals surface area contributed by atoms with Crippen LogP contribution in [0.15, 0.2) is 24.3 Å². The Labute approximate surface area is 104 Å². The van der Waals surface area contributed by atoms with Crippen LogP contribution in [0.2, 0.25) is 0 Å². The summed E-state index contributed by atoms with van der Waals surface area (Å²) in [4.78, 5) is 23.9. The first-order valence-corrected chi connectivity index (χ1v) is 5.43. The molecular weight excluding hydrogens is 234 g/mol. The van der Waals surface area contributed by atoms with E-state index in [2.05, 4.69) is 5.32 Å². The van der Waals surface area contributed by atoms with Crippen molar-refractivity contribution < 1.29 is 14.7 Å². The summed E-state index contributed by atoms with van der Waals surface area (Å²) in [5.41, 5.74) is 1.08. The maximum atomic E-state index is 11.6. The smallest absolute Gasteiger partial charge is 0.335 e. The summed E-state index contributed by atoms with van der Waals surface area (Å²) in [5.74, 6) is -1.09. The molecule has 0 aliphatic carbocycles. The zero-order valence-corrected chi connectivity index (χ0v) is 9.80. The van der Waals surface area contributed by atoms with Crippen LogP contribution in [0.25, 0.3) is 0 Å². The van der Waals surface area contributed by atoms with E-state index in [0.29, 0.717) is 6.42 Å². The normalized spacial score (nSPS) is 18.9. The van der Waals surface area contributed by atoms with E-state index in [0.717, 1.165) is 5.56 Å². The summed E-state index contributed by atoms with van der Waals surface area (Å²) in [6.07, 6.45) is 0.449. The lowest BCUT2D eigenvalue weighted by Gasteiger charge is -2.17. The number of carboxylic acid groups (broad SMARTS) is 1. The molecule has 0 spiro atoms. The molecule has 18 heavy (non-hydrogen) atoms. The van der Waals surface area contributed by atoms with Crippen LogP contribution in [0.5, 0.6) is 0 Å². The van der Waals surface area contributed by atoms with Crippen molar-refractivity contribution >= 4 is 17.8 Å². The number of benzene rings is 1. The molecule has 3 N–H and O–H groups in total. The molecule has 2 rings (SSSR count). The number of carbonyl (C=O) groups is 2. The number of guanidine groups is 1. The van der Waals surface area contributed by atoms with Crippen LogP contribution in [0.4, 0.5) is 0 Å². The number of carbonyl (C=O) groups excluding carboxylic acids is 1. The van der Waals surface area contributed by atoms with Crippen molar-refractivity contribution in [3.8, 4) is 0 Å². The molecule has 0 radical (unpaired) electrons. The summed E-state index contributed by atoms with van der Waals surface area (Å²) < 4.78 is 0. The van der Waals surface area contributed by atoms with Gasteiger partial charge in [0.25, 0.3) is 0 Å². The zero-order chi connectivity index (χ0) is 13.3. The van der Waals surface area contributed by atoms with Crippen molar-refractivity contribution in [3.63, 3.8) is 0 Å². The van der Waals surface area contributed by atoms with Crippen molar-refractivity contribution in [3.05, 3.63) is 35.4 Å². The molecular formula is C12H13N3O3. The first-order chi connectivity index (χ1) is 8.49. The van der Waals surface area contributed by atoms with Gasteiger partial charge in [-0.3, -0.25) is 15.5 Å². The molecule has 1 fully saturated rings. The van der Waals surface area contributed by atoms with Crippen molar-refractivity contribution in [2.24, 2.45) is 0 Å². The predicted molar refractivity (Wildman–Crippen MR) is 64.5 cm³/mol. The van der Waals surface area contributed by atoms with Crippen molar-refractivity contribution in [2.75, 3.05) is 7.05 Å². The Morgan fingerprint density at radius 2 is 2.06 bits per heavy atom. The molecule has 1 aliphatic rings. The minimum absolute atomic E-state index is 0.0900. The topological polar surface area (TPSA) is 93.5 Å². The zero-order valence-electron chi connectivity index (χ0n) is 9.80. The standard InChI is InChI=1S/C12H13N3O3/c1-15-9(10(16)14-12(15)13)6-7-2-4-8(5-3-7)11(17)18/h2-5,9H,6H2,1H3,(H,17,18)(H2,13,14,16). The number of hydrogen-bond donors (Lipinski definition) is 3. The van der Waals surface area contributed by atoms with Crippen molar-refractivity contribution in [2.45, 2.75) is 12.5 Å². The third-order valence-electron chi connectivity index (χ3n) is 2.99. The van der Waals surface area contributed by atoms with Crippen LogP contribution in [0.1, 0.15) is 15.9 Å². The largest absolute Gasteiger partial charge is 0.478 e. The van der Waals surface area contributed by atoms with Gasteiger partial charge in [0.2, 0.25) is 5.91 Å². The van der Waals surface area contributed by atoms with Crippen LogP contribution in [0.3, 0.4) is 0 Å².